The van der Waals surface area contributed by atoms with Crippen molar-refractivity contribution in [3.05, 3.63) is 29.3 Å². The van der Waals surface area contributed by atoms with E-state index < -0.39 is 0 Å². The average molecular weight is 250 g/mol. The minimum absolute atomic E-state index is 0.0286. The van der Waals surface area contributed by atoms with E-state index in [2.05, 4.69) is 24.5 Å². The number of hydrazine groups is 1. The van der Waals surface area contributed by atoms with Crippen LogP contribution in [0.5, 0.6) is 5.75 Å². The van der Waals surface area contributed by atoms with E-state index >= 15 is 0 Å². The number of benzene rings is 1. The van der Waals surface area contributed by atoms with Gasteiger partial charge in [0, 0.05) is 13.5 Å². The van der Waals surface area contributed by atoms with E-state index in [1.54, 1.807) is 7.11 Å². The molecule has 1 aliphatic heterocycles. The molecule has 0 fully saturated rings. The van der Waals surface area contributed by atoms with Crippen molar-refractivity contribution in [2.45, 2.75) is 38.3 Å². The Labute approximate surface area is 108 Å². The first kappa shape index (κ1) is 13.3. The summed E-state index contributed by atoms with van der Waals surface area (Å²) in [5, 5.41) is 0. The fourth-order valence-electron chi connectivity index (χ4n) is 2.52. The van der Waals surface area contributed by atoms with Crippen LogP contribution in [0.4, 0.5) is 0 Å². The van der Waals surface area contributed by atoms with Gasteiger partial charge in [-0.1, -0.05) is 25.5 Å². The first-order chi connectivity index (χ1) is 8.80. The second-order valence-corrected chi connectivity index (χ2v) is 4.67. The molecule has 4 nitrogen and oxygen atoms in total. The second-order valence-electron chi connectivity index (χ2n) is 4.67. The standard InChI is InChI=1S/C14H22N2O2/c1-3-4-13(17-2)14(16-15)11-5-6-12-10(9-11)7-8-18-12/h5-6,9,13-14,16H,3-4,7-8,15H2,1-2H3. The third-order valence-electron chi connectivity index (χ3n) is 3.50. The molecule has 0 amide bonds. The molecule has 18 heavy (non-hydrogen) atoms. The molecule has 100 valence electrons. The highest BCUT2D eigenvalue weighted by atomic mass is 16.5. The molecule has 0 radical (unpaired) electrons. The lowest BCUT2D eigenvalue weighted by molar-refractivity contribution is 0.0606. The molecule has 1 aromatic carbocycles. The third kappa shape index (κ3) is 2.66. The van der Waals surface area contributed by atoms with Gasteiger partial charge in [0.2, 0.25) is 0 Å². The zero-order valence-corrected chi connectivity index (χ0v) is 11.1. The molecular weight excluding hydrogens is 228 g/mol. The highest BCUT2D eigenvalue weighted by molar-refractivity contribution is 5.41. The summed E-state index contributed by atoms with van der Waals surface area (Å²) in [7, 11) is 1.74. The van der Waals surface area contributed by atoms with E-state index in [0.717, 1.165) is 31.6 Å². The van der Waals surface area contributed by atoms with Gasteiger partial charge in [-0.15, -0.1) is 0 Å². The van der Waals surface area contributed by atoms with Crippen molar-refractivity contribution < 1.29 is 9.47 Å². The molecule has 0 saturated carbocycles. The van der Waals surface area contributed by atoms with Crippen LogP contribution in [-0.4, -0.2) is 19.8 Å². The lowest BCUT2D eigenvalue weighted by atomic mass is 9.96. The Bertz CT molecular complexity index is 395. The van der Waals surface area contributed by atoms with E-state index in [4.69, 9.17) is 15.3 Å². The van der Waals surface area contributed by atoms with Crippen LogP contribution in [0.15, 0.2) is 18.2 Å². The summed E-state index contributed by atoms with van der Waals surface area (Å²) in [5.74, 6) is 6.69. The highest BCUT2D eigenvalue weighted by Gasteiger charge is 2.23. The highest BCUT2D eigenvalue weighted by Crippen LogP contribution is 2.30. The number of hydrogen-bond donors (Lipinski definition) is 2. The molecule has 2 atom stereocenters. The van der Waals surface area contributed by atoms with Crippen molar-refractivity contribution in [1.82, 2.24) is 5.43 Å². The molecule has 0 bridgehead atoms. The van der Waals surface area contributed by atoms with Gasteiger partial charge in [0.15, 0.2) is 0 Å². The maximum atomic E-state index is 5.70. The van der Waals surface area contributed by atoms with Crippen LogP contribution in [0.3, 0.4) is 0 Å². The molecule has 2 rings (SSSR count). The van der Waals surface area contributed by atoms with Gasteiger partial charge >= 0.3 is 0 Å². The number of ether oxygens (including phenoxy) is 2. The monoisotopic (exact) mass is 250 g/mol. The SMILES string of the molecule is CCCC(OC)C(NN)c1ccc2c(c1)CCO2. The predicted octanol–water partition coefficient (Wildman–Crippen LogP) is 1.94. The van der Waals surface area contributed by atoms with Crippen LogP contribution in [0.1, 0.15) is 36.9 Å². The van der Waals surface area contributed by atoms with Gasteiger partial charge < -0.3 is 9.47 Å². The average Bonchev–Trinajstić information content (AvgIpc) is 2.86. The summed E-state index contributed by atoms with van der Waals surface area (Å²) >= 11 is 0. The number of nitrogens with two attached hydrogens (primary N) is 1. The fourth-order valence-corrected chi connectivity index (χ4v) is 2.52. The number of fused-ring (bicyclic) bond motifs is 1. The molecule has 0 aliphatic carbocycles. The molecule has 4 heteroatoms. The van der Waals surface area contributed by atoms with Crippen molar-refractivity contribution in [3.63, 3.8) is 0 Å². The summed E-state index contributed by atoms with van der Waals surface area (Å²) < 4.78 is 11.1. The zero-order valence-electron chi connectivity index (χ0n) is 11.1. The molecule has 0 saturated heterocycles. The number of methoxy groups -OCH3 is 1. The van der Waals surface area contributed by atoms with Crippen LogP contribution >= 0.6 is 0 Å². The van der Waals surface area contributed by atoms with Gasteiger partial charge in [0.25, 0.3) is 0 Å². The van der Waals surface area contributed by atoms with Gasteiger partial charge in [-0.25, -0.2) is 0 Å². The van der Waals surface area contributed by atoms with Crippen molar-refractivity contribution in [1.29, 1.82) is 0 Å². The second kappa shape index (κ2) is 6.18. The van der Waals surface area contributed by atoms with Gasteiger partial charge in [-0.3, -0.25) is 11.3 Å². The Balaban J connectivity index is 2.21. The summed E-state index contributed by atoms with van der Waals surface area (Å²) in [6, 6.07) is 6.30. The van der Waals surface area contributed by atoms with Crippen LogP contribution in [0, 0.1) is 0 Å². The van der Waals surface area contributed by atoms with Crippen LogP contribution in [0.25, 0.3) is 0 Å². The van der Waals surface area contributed by atoms with Gasteiger partial charge in [-0.2, -0.15) is 0 Å². The molecule has 3 N–H and O–H groups in total. The molecule has 2 unspecified atom stereocenters. The first-order valence-electron chi connectivity index (χ1n) is 6.54. The molecule has 1 heterocycles. The van der Waals surface area contributed by atoms with Crippen molar-refractivity contribution in [2.75, 3.05) is 13.7 Å². The smallest absolute Gasteiger partial charge is 0.122 e. The van der Waals surface area contributed by atoms with Crippen molar-refractivity contribution in [3.8, 4) is 5.75 Å². The maximum Gasteiger partial charge on any atom is 0.122 e. The predicted molar refractivity (Wildman–Crippen MR) is 71.4 cm³/mol. The summed E-state index contributed by atoms with van der Waals surface area (Å²) in [5.41, 5.74) is 5.31. The molecule has 1 aliphatic rings. The summed E-state index contributed by atoms with van der Waals surface area (Å²) in [6.07, 6.45) is 3.13. The van der Waals surface area contributed by atoms with Crippen LogP contribution in [0.2, 0.25) is 0 Å². The third-order valence-corrected chi connectivity index (χ3v) is 3.50. The molecule has 1 aromatic rings. The maximum absolute atomic E-state index is 5.70. The largest absolute Gasteiger partial charge is 0.493 e. The van der Waals surface area contributed by atoms with E-state index in [0.29, 0.717) is 0 Å². The lowest BCUT2D eigenvalue weighted by Gasteiger charge is -2.25. The summed E-state index contributed by atoms with van der Waals surface area (Å²) in [4.78, 5) is 0. The number of rotatable bonds is 6. The fraction of sp³-hybridized carbons (Fsp3) is 0.571. The normalized spacial score (nSPS) is 17.1. The molecule has 0 spiro atoms. The van der Waals surface area contributed by atoms with E-state index in [1.807, 2.05) is 6.07 Å². The van der Waals surface area contributed by atoms with Gasteiger partial charge in [0.1, 0.15) is 5.75 Å². The minimum atomic E-state index is 0.0286. The Morgan fingerprint density at radius 1 is 1.50 bits per heavy atom. The Morgan fingerprint density at radius 3 is 3.00 bits per heavy atom. The first-order valence-corrected chi connectivity index (χ1v) is 6.54. The minimum Gasteiger partial charge on any atom is -0.493 e. The Kier molecular flexibility index (Phi) is 4.58. The Hall–Kier alpha value is -1.10. The van der Waals surface area contributed by atoms with Crippen molar-refractivity contribution in [2.24, 2.45) is 5.84 Å². The van der Waals surface area contributed by atoms with E-state index in [9.17, 15) is 0 Å². The van der Waals surface area contributed by atoms with E-state index in [-0.39, 0.29) is 12.1 Å². The van der Waals surface area contributed by atoms with Gasteiger partial charge in [-0.05, 0) is 23.6 Å². The van der Waals surface area contributed by atoms with Crippen LogP contribution < -0.4 is 16.0 Å². The summed E-state index contributed by atoms with van der Waals surface area (Å²) in [6.45, 7) is 2.93. The Morgan fingerprint density at radius 2 is 2.33 bits per heavy atom. The van der Waals surface area contributed by atoms with E-state index in [1.165, 1.54) is 11.1 Å². The lowest BCUT2D eigenvalue weighted by Crippen LogP contribution is -2.37. The number of hydrogen-bond acceptors (Lipinski definition) is 4. The number of nitrogens with one attached hydrogen (secondary N) is 1. The molecule has 0 aromatic heterocycles. The van der Waals surface area contributed by atoms with Gasteiger partial charge in [0.05, 0.1) is 18.8 Å². The van der Waals surface area contributed by atoms with Crippen molar-refractivity contribution >= 4 is 0 Å². The topological polar surface area (TPSA) is 56.5 Å². The molecular formula is C14H22N2O2. The zero-order chi connectivity index (χ0) is 13.0. The van der Waals surface area contributed by atoms with Crippen LogP contribution in [-0.2, 0) is 11.2 Å². The quantitative estimate of drug-likeness (QED) is 0.598.